The van der Waals surface area contributed by atoms with Gasteiger partial charge in [-0.2, -0.15) is 5.10 Å². The molecule has 4 nitrogen and oxygen atoms in total. The quantitative estimate of drug-likeness (QED) is 0.655. The molecule has 1 aromatic heterocycles. The van der Waals surface area contributed by atoms with Gasteiger partial charge in [-0.1, -0.05) is 6.42 Å². The van der Waals surface area contributed by atoms with Crippen molar-refractivity contribution in [1.82, 2.24) is 9.78 Å². The minimum absolute atomic E-state index is 0.311. The zero-order chi connectivity index (χ0) is 10.5. The van der Waals surface area contributed by atoms with Gasteiger partial charge in [-0.25, -0.2) is 4.68 Å². The number of carbonyl (C=O) groups excluding carboxylic acids is 1. The van der Waals surface area contributed by atoms with Gasteiger partial charge in [0.25, 0.3) is 0 Å². The van der Waals surface area contributed by atoms with Gasteiger partial charge in [0.2, 0.25) is 5.88 Å². The van der Waals surface area contributed by atoms with E-state index in [4.69, 9.17) is 4.74 Å². The van der Waals surface area contributed by atoms with Crippen molar-refractivity contribution in [3.63, 3.8) is 0 Å². The van der Waals surface area contributed by atoms with Crippen molar-refractivity contribution in [3.8, 4) is 5.88 Å². The number of aromatic nitrogens is 2. The highest BCUT2D eigenvalue weighted by Crippen LogP contribution is 2.46. The molecule has 2 aliphatic rings. The van der Waals surface area contributed by atoms with Crippen LogP contribution in [0, 0.1) is 12.3 Å². The Morgan fingerprint density at radius 2 is 2.33 bits per heavy atom. The fourth-order valence-corrected chi connectivity index (χ4v) is 2.53. The smallest absolute Gasteiger partial charge is 0.222 e. The summed E-state index contributed by atoms with van der Waals surface area (Å²) < 4.78 is 7.56. The third-order valence-corrected chi connectivity index (χ3v) is 3.66. The van der Waals surface area contributed by atoms with Crippen molar-refractivity contribution in [2.45, 2.75) is 32.7 Å². The van der Waals surface area contributed by atoms with Crippen LogP contribution >= 0.6 is 0 Å². The molecule has 1 fully saturated rings. The third-order valence-electron chi connectivity index (χ3n) is 3.66. The maximum absolute atomic E-state index is 10.9. The average molecular weight is 206 g/mol. The molecule has 0 atom stereocenters. The maximum Gasteiger partial charge on any atom is 0.222 e. The van der Waals surface area contributed by atoms with Crippen LogP contribution in [0.4, 0.5) is 0 Å². The summed E-state index contributed by atoms with van der Waals surface area (Å²) in [5.74, 6) is 0.667. The lowest BCUT2D eigenvalue weighted by atomic mass is 9.69. The number of rotatable bonds is 1. The molecule has 0 aromatic carbocycles. The first-order valence-corrected chi connectivity index (χ1v) is 5.39. The van der Waals surface area contributed by atoms with Crippen LogP contribution in [0.25, 0.3) is 0 Å². The standard InChI is InChI=1S/C11H14N2O2/c1-8-9(5-14)10-13(12-8)6-11(7-15-10)3-2-4-11/h5H,2-4,6-7H2,1H3. The fraction of sp³-hybridized carbons (Fsp3) is 0.636. The van der Waals surface area contributed by atoms with E-state index in [-0.39, 0.29) is 0 Å². The lowest BCUT2D eigenvalue weighted by Gasteiger charge is -2.44. The van der Waals surface area contributed by atoms with E-state index in [0.717, 1.165) is 25.1 Å². The SMILES string of the molecule is Cc1nn2c(c1C=O)OCC1(CCC1)C2. The molecule has 1 aliphatic carbocycles. The highest BCUT2D eigenvalue weighted by Gasteiger charge is 2.42. The van der Waals surface area contributed by atoms with Gasteiger partial charge in [-0.15, -0.1) is 0 Å². The molecule has 1 spiro atoms. The second kappa shape index (κ2) is 2.84. The van der Waals surface area contributed by atoms with Crippen LogP contribution < -0.4 is 4.74 Å². The molecule has 1 saturated carbocycles. The van der Waals surface area contributed by atoms with Gasteiger partial charge < -0.3 is 4.74 Å². The van der Waals surface area contributed by atoms with Crippen molar-refractivity contribution in [2.24, 2.45) is 5.41 Å². The van der Waals surface area contributed by atoms with Crippen LogP contribution in [0.1, 0.15) is 35.3 Å². The molecule has 0 bridgehead atoms. The van der Waals surface area contributed by atoms with Crippen molar-refractivity contribution >= 4 is 6.29 Å². The highest BCUT2D eigenvalue weighted by atomic mass is 16.5. The van der Waals surface area contributed by atoms with Crippen LogP contribution in [0.2, 0.25) is 0 Å². The minimum Gasteiger partial charge on any atom is -0.477 e. The van der Waals surface area contributed by atoms with Crippen LogP contribution in [0.3, 0.4) is 0 Å². The zero-order valence-electron chi connectivity index (χ0n) is 8.82. The summed E-state index contributed by atoms with van der Waals surface area (Å²) in [7, 11) is 0. The van der Waals surface area contributed by atoms with Gasteiger partial charge in [-0.05, 0) is 19.8 Å². The lowest BCUT2D eigenvalue weighted by molar-refractivity contribution is 0.00153. The molecular weight excluding hydrogens is 192 g/mol. The van der Waals surface area contributed by atoms with Crippen molar-refractivity contribution in [2.75, 3.05) is 6.61 Å². The summed E-state index contributed by atoms with van der Waals surface area (Å²) in [6.45, 7) is 3.52. The molecule has 2 heterocycles. The first kappa shape index (κ1) is 8.95. The number of ether oxygens (including phenoxy) is 1. The van der Waals surface area contributed by atoms with Crippen molar-refractivity contribution < 1.29 is 9.53 Å². The van der Waals surface area contributed by atoms with E-state index in [2.05, 4.69) is 5.10 Å². The van der Waals surface area contributed by atoms with E-state index in [1.165, 1.54) is 19.3 Å². The molecule has 1 aliphatic heterocycles. The van der Waals surface area contributed by atoms with Gasteiger partial charge in [0.1, 0.15) is 0 Å². The highest BCUT2D eigenvalue weighted by molar-refractivity contribution is 5.80. The first-order chi connectivity index (χ1) is 7.24. The molecule has 0 radical (unpaired) electrons. The van der Waals surface area contributed by atoms with E-state index >= 15 is 0 Å². The number of hydrogen-bond acceptors (Lipinski definition) is 3. The Hall–Kier alpha value is -1.32. The molecule has 0 amide bonds. The lowest BCUT2D eigenvalue weighted by Crippen LogP contribution is -2.43. The third kappa shape index (κ3) is 1.14. The number of nitrogens with zero attached hydrogens (tertiary/aromatic N) is 2. The van der Waals surface area contributed by atoms with Gasteiger partial charge in [0.15, 0.2) is 6.29 Å². The summed E-state index contributed by atoms with van der Waals surface area (Å²) in [5.41, 5.74) is 1.70. The van der Waals surface area contributed by atoms with E-state index in [1.54, 1.807) is 0 Å². The first-order valence-electron chi connectivity index (χ1n) is 5.39. The number of fused-ring (bicyclic) bond motifs is 1. The molecule has 1 aromatic rings. The number of hydrogen-bond donors (Lipinski definition) is 0. The van der Waals surface area contributed by atoms with E-state index in [0.29, 0.717) is 16.9 Å². The Morgan fingerprint density at radius 1 is 1.53 bits per heavy atom. The number of aldehydes is 1. The second-order valence-corrected chi connectivity index (χ2v) is 4.72. The Bertz CT molecular complexity index is 418. The summed E-state index contributed by atoms with van der Waals surface area (Å²) >= 11 is 0. The Morgan fingerprint density at radius 3 is 2.93 bits per heavy atom. The van der Waals surface area contributed by atoms with E-state index in [9.17, 15) is 4.79 Å². The minimum atomic E-state index is 0.311. The second-order valence-electron chi connectivity index (χ2n) is 4.72. The van der Waals surface area contributed by atoms with Gasteiger partial charge >= 0.3 is 0 Å². The molecular formula is C11H14N2O2. The topological polar surface area (TPSA) is 44.1 Å². The summed E-state index contributed by atoms with van der Waals surface area (Å²) in [4.78, 5) is 10.9. The van der Waals surface area contributed by atoms with Gasteiger partial charge in [0, 0.05) is 5.41 Å². The van der Waals surface area contributed by atoms with Gasteiger partial charge in [0.05, 0.1) is 24.4 Å². The summed E-state index contributed by atoms with van der Waals surface area (Å²) in [6, 6.07) is 0. The molecule has 0 saturated heterocycles. The molecule has 15 heavy (non-hydrogen) atoms. The molecule has 80 valence electrons. The molecule has 3 rings (SSSR count). The normalized spacial score (nSPS) is 21.7. The van der Waals surface area contributed by atoms with Crippen LogP contribution in [0.5, 0.6) is 5.88 Å². The van der Waals surface area contributed by atoms with E-state index in [1.807, 2.05) is 11.6 Å². The Kier molecular flexibility index (Phi) is 1.69. The predicted molar refractivity (Wildman–Crippen MR) is 54.1 cm³/mol. The van der Waals surface area contributed by atoms with Crippen molar-refractivity contribution in [1.29, 1.82) is 0 Å². The maximum atomic E-state index is 10.9. The number of aryl methyl sites for hydroxylation is 1. The Labute approximate surface area is 88.2 Å². The van der Waals surface area contributed by atoms with Crippen LogP contribution in [-0.2, 0) is 6.54 Å². The monoisotopic (exact) mass is 206 g/mol. The predicted octanol–water partition coefficient (Wildman–Crippen LogP) is 1.57. The van der Waals surface area contributed by atoms with Crippen LogP contribution in [-0.4, -0.2) is 22.7 Å². The summed E-state index contributed by atoms with van der Waals surface area (Å²) in [6.07, 6.45) is 4.58. The van der Waals surface area contributed by atoms with Crippen LogP contribution in [0.15, 0.2) is 0 Å². The van der Waals surface area contributed by atoms with E-state index < -0.39 is 0 Å². The Balaban J connectivity index is 2.00. The number of carbonyl (C=O) groups is 1. The zero-order valence-corrected chi connectivity index (χ0v) is 8.82. The summed E-state index contributed by atoms with van der Waals surface area (Å²) in [5, 5.41) is 4.36. The largest absolute Gasteiger partial charge is 0.477 e. The average Bonchev–Trinajstić information content (AvgIpc) is 2.49. The van der Waals surface area contributed by atoms with Crippen molar-refractivity contribution in [3.05, 3.63) is 11.3 Å². The molecule has 0 unspecified atom stereocenters. The van der Waals surface area contributed by atoms with Gasteiger partial charge in [-0.3, -0.25) is 4.79 Å². The molecule has 4 heteroatoms. The molecule has 0 N–H and O–H groups in total. The fourth-order valence-electron chi connectivity index (χ4n) is 2.53.